The number of sulfonamides is 1. The lowest BCUT2D eigenvalue weighted by molar-refractivity contribution is -0.143. The van der Waals surface area contributed by atoms with Gasteiger partial charge in [-0.05, 0) is 67.9 Å². The number of likely N-dealkylation sites (N-methyl/N-ethyl adjacent to an activating group) is 1. The zero-order valence-electron chi connectivity index (χ0n) is 21.9. The molecule has 0 unspecified atom stereocenters. The first-order valence-electron chi connectivity index (χ1n) is 13.2. The summed E-state index contributed by atoms with van der Waals surface area (Å²) in [7, 11) is -1.85. The number of fused-ring (bicyclic) bond motifs is 1. The minimum absolute atomic E-state index is 0.0304. The molecule has 5 rings (SSSR count). The molecule has 2 aromatic carbocycles. The normalized spacial score (nSPS) is 20.3. The first-order valence-corrected chi connectivity index (χ1v) is 15.9. The SMILES string of the molecule is CN(Cc1ccccc1)C[C@@H]1CCCN1C(=O)CN1CCC[C@H](NS(=O)(=O)c2cc3cc(Cl)ccc3s2)C1=O. The molecule has 3 aromatic rings. The highest BCUT2D eigenvalue weighted by Crippen LogP contribution is 2.31. The summed E-state index contributed by atoms with van der Waals surface area (Å²) in [5, 5.41) is 1.27. The van der Waals surface area contributed by atoms with Crippen LogP contribution in [0.15, 0.2) is 58.8 Å². The van der Waals surface area contributed by atoms with Crippen molar-refractivity contribution in [3.05, 3.63) is 65.2 Å². The Balaban J connectivity index is 1.19. The molecule has 0 spiro atoms. The van der Waals surface area contributed by atoms with Gasteiger partial charge >= 0.3 is 0 Å². The highest BCUT2D eigenvalue weighted by molar-refractivity contribution is 7.91. The van der Waals surface area contributed by atoms with Crippen molar-refractivity contribution in [1.82, 2.24) is 19.4 Å². The average Bonchev–Trinajstić information content (AvgIpc) is 3.54. The van der Waals surface area contributed by atoms with Crippen molar-refractivity contribution in [3.8, 4) is 0 Å². The average molecular weight is 589 g/mol. The molecular formula is C28H33ClN4O4S2. The Hall–Kier alpha value is -2.50. The van der Waals surface area contributed by atoms with Gasteiger partial charge in [0, 0.05) is 41.9 Å². The van der Waals surface area contributed by atoms with Crippen LogP contribution in [0.2, 0.25) is 5.02 Å². The van der Waals surface area contributed by atoms with E-state index in [0.717, 1.165) is 47.4 Å². The third kappa shape index (κ3) is 6.63. The maximum atomic E-state index is 13.3. The summed E-state index contributed by atoms with van der Waals surface area (Å²) in [6.45, 7) is 2.65. The standard InChI is InChI=1S/C28H33ClN4O4S2/c1-31(17-20-7-3-2-4-8-20)18-23-9-5-14-33(23)26(34)19-32-13-6-10-24(28(32)35)30-39(36,37)27-16-21-15-22(29)11-12-25(21)38-27/h2-4,7-8,11-12,15-16,23-24,30H,5-6,9-10,13-14,17-19H2,1H3/t23-,24-/m0/s1. The van der Waals surface area contributed by atoms with Gasteiger partial charge in [-0.1, -0.05) is 41.9 Å². The van der Waals surface area contributed by atoms with Crippen molar-refractivity contribution >= 4 is 54.9 Å². The molecule has 1 N–H and O–H groups in total. The van der Waals surface area contributed by atoms with Crippen LogP contribution < -0.4 is 4.72 Å². The van der Waals surface area contributed by atoms with E-state index in [1.54, 1.807) is 24.3 Å². The highest BCUT2D eigenvalue weighted by Gasteiger charge is 2.36. The number of amides is 2. The zero-order valence-corrected chi connectivity index (χ0v) is 24.3. The first-order chi connectivity index (χ1) is 18.7. The number of nitrogens with one attached hydrogen (secondary N) is 1. The number of hydrogen-bond acceptors (Lipinski definition) is 6. The number of carbonyl (C=O) groups excluding carboxylic acids is 2. The number of hydrogen-bond donors (Lipinski definition) is 1. The molecule has 2 amide bonds. The number of benzene rings is 2. The quantitative estimate of drug-likeness (QED) is 0.409. The maximum Gasteiger partial charge on any atom is 0.250 e. The smallest absolute Gasteiger partial charge is 0.250 e. The Kier molecular flexibility index (Phi) is 8.58. The van der Waals surface area contributed by atoms with Gasteiger partial charge in [-0.15, -0.1) is 11.3 Å². The second kappa shape index (κ2) is 11.9. The van der Waals surface area contributed by atoms with Gasteiger partial charge in [-0.2, -0.15) is 4.72 Å². The monoisotopic (exact) mass is 588 g/mol. The minimum atomic E-state index is -3.91. The molecule has 0 saturated carbocycles. The summed E-state index contributed by atoms with van der Waals surface area (Å²) in [5.74, 6) is -0.428. The molecule has 11 heteroatoms. The molecule has 1 aromatic heterocycles. The molecule has 208 valence electrons. The topological polar surface area (TPSA) is 90.0 Å². The van der Waals surface area contributed by atoms with Crippen LogP contribution >= 0.6 is 22.9 Å². The van der Waals surface area contributed by atoms with Gasteiger partial charge < -0.3 is 14.7 Å². The van der Waals surface area contributed by atoms with Crippen LogP contribution in [0.3, 0.4) is 0 Å². The third-order valence-corrected chi connectivity index (χ3v) is 10.7. The van der Waals surface area contributed by atoms with Crippen molar-refractivity contribution in [2.45, 2.75) is 48.5 Å². The number of nitrogens with zero attached hydrogens (tertiary/aromatic N) is 3. The third-order valence-electron chi connectivity index (χ3n) is 7.39. The largest absolute Gasteiger partial charge is 0.337 e. The van der Waals surface area contributed by atoms with Crippen LogP contribution in [0.4, 0.5) is 0 Å². The fourth-order valence-electron chi connectivity index (χ4n) is 5.50. The molecule has 2 aliphatic rings. The predicted molar refractivity (Wildman–Crippen MR) is 154 cm³/mol. The highest BCUT2D eigenvalue weighted by atomic mass is 35.5. The van der Waals surface area contributed by atoms with Crippen LogP contribution in [0.25, 0.3) is 10.1 Å². The Morgan fingerprint density at radius 3 is 2.67 bits per heavy atom. The number of carbonyl (C=O) groups is 2. The Morgan fingerprint density at radius 2 is 1.87 bits per heavy atom. The molecule has 2 atom stereocenters. The minimum Gasteiger partial charge on any atom is -0.337 e. The van der Waals surface area contributed by atoms with Gasteiger partial charge in [-0.3, -0.25) is 9.59 Å². The number of rotatable bonds is 9. The van der Waals surface area contributed by atoms with Crippen molar-refractivity contribution in [2.75, 3.05) is 33.2 Å². The lowest BCUT2D eigenvalue weighted by atomic mass is 10.1. The molecule has 3 heterocycles. The number of piperidine rings is 1. The second-order valence-corrected chi connectivity index (χ2v) is 13.9. The molecule has 0 aliphatic carbocycles. The molecule has 2 aliphatic heterocycles. The van der Waals surface area contributed by atoms with E-state index in [-0.39, 0.29) is 28.6 Å². The van der Waals surface area contributed by atoms with Crippen LogP contribution in [-0.4, -0.2) is 80.2 Å². The van der Waals surface area contributed by atoms with Gasteiger partial charge in [0.2, 0.25) is 11.8 Å². The Morgan fingerprint density at radius 1 is 1.10 bits per heavy atom. The number of thiophene rings is 1. The van der Waals surface area contributed by atoms with E-state index in [1.807, 2.05) is 23.1 Å². The van der Waals surface area contributed by atoms with Gasteiger partial charge in [0.15, 0.2) is 0 Å². The predicted octanol–water partition coefficient (Wildman–Crippen LogP) is 3.95. The lowest BCUT2D eigenvalue weighted by Gasteiger charge is -2.34. The van der Waals surface area contributed by atoms with E-state index in [1.165, 1.54) is 10.5 Å². The van der Waals surface area contributed by atoms with E-state index >= 15 is 0 Å². The summed E-state index contributed by atoms with van der Waals surface area (Å²) in [4.78, 5) is 32.2. The van der Waals surface area contributed by atoms with Crippen LogP contribution in [-0.2, 0) is 26.2 Å². The van der Waals surface area contributed by atoms with Crippen LogP contribution in [0.5, 0.6) is 0 Å². The van der Waals surface area contributed by atoms with Gasteiger partial charge in [0.1, 0.15) is 10.3 Å². The van der Waals surface area contributed by atoms with E-state index < -0.39 is 16.1 Å². The molecule has 0 radical (unpaired) electrons. The lowest BCUT2D eigenvalue weighted by Crippen LogP contribution is -2.55. The van der Waals surface area contributed by atoms with E-state index in [4.69, 9.17) is 11.6 Å². The van der Waals surface area contributed by atoms with Gasteiger partial charge in [0.25, 0.3) is 10.0 Å². The Bertz CT molecular complexity index is 1450. The first kappa shape index (κ1) is 28.0. The second-order valence-electron chi connectivity index (χ2n) is 10.4. The molecular weight excluding hydrogens is 556 g/mol. The zero-order chi connectivity index (χ0) is 27.6. The molecule has 0 bridgehead atoms. The van der Waals surface area contributed by atoms with Gasteiger partial charge in [0.05, 0.1) is 6.54 Å². The van der Waals surface area contributed by atoms with Crippen molar-refractivity contribution in [1.29, 1.82) is 0 Å². The number of halogens is 1. The van der Waals surface area contributed by atoms with Crippen molar-refractivity contribution in [3.63, 3.8) is 0 Å². The van der Waals surface area contributed by atoms with Crippen LogP contribution in [0, 0.1) is 0 Å². The van der Waals surface area contributed by atoms with Crippen molar-refractivity contribution in [2.24, 2.45) is 0 Å². The molecule has 2 saturated heterocycles. The maximum absolute atomic E-state index is 13.3. The molecule has 39 heavy (non-hydrogen) atoms. The molecule has 8 nitrogen and oxygen atoms in total. The fraction of sp³-hybridized carbons (Fsp3) is 0.429. The number of likely N-dealkylation sites (tertiary alicyclic amines) is 2. The Labute approximate surface area is 238 Å². The summed E-state index contributed by atoms with van der Waals surface area (Å²) >= 11 is 7.18. The fourth-order valence-corrected chi connectivity index (χ4v) is 8.30. The summed E-state index contributed by atoms with van der Waals surface area (Å²) in [6, 6.07) is 16.2. The summed E-state index contributed by atoms with van der Waals surface area (Å²) in [5.41, 5.74) is 1.22. The molecule has 2 fully saturated rings. The van der Waals surface area contributed by atoms with E-state index in [0.29, 0.717) is 31.0 Å². The van der Waals surface area contributed by atoms with Gasteiger partial charge in [-0.25, -0.2) is 8.42 Å². The van der Waals surface area contributed by atoms with Crippen molar-refractivity contribution < 1.29 is 18.0 Å². The van der Waals surface area contributed by atoms with E-state index in [2.05, 4.69) is 28.8 Å². The summed E-state index contributed by atoms with van der Waals surface area (Å²) in [6.07, 6.45) is 2.89. The van der Waals surface area contributed by atoms with Crippen LogP contribution in [0.1, 0.15) is 31.2 Å². The van der Waals surface area contributed by atoms with E-state index in [9.17, 15) is 18.0 Å². The summed E-state index contributed by atoms with van der Waals surface area (Å²) < 4.78 is 29.8.